The fourth-order valence-corrected chi connectivity index (χ4v) is 5.04. The summed E-state index contributed by atoms with van der Waals surface area (Å²) in [5, 5.41) is 0.907. The fraction of sp³-hybridized carbons (Fsp3) is 0.174. The molecule has 0 aromatic heterocycles. The topological polar surface area (TPSA) is 76.2 Å². The summed E-state index contributed by atoms with van der Waals surface area (Å²) < 4.78 is 57.1. The van der Waals surface area contributed by atoms with Crippen LogP contribution in [0.3, 0.4) is 0 Å². The maximum atomic E-state index is 14.9. The minimum absolute atomic E-state index is 0.0696. The molecule has 1 atom stereocenters. The van der Waals surface area contributed by atoms with E-state index >= 15 is 0 Å². The number of sulfonamides is 1. The number of nitrogens with zero attached hydrogens (tertiary/aromatic N) is 2. The van der Waals surface area contributed by atoms with Gasteiger partial charge in [-0.2, -0.15) is 0 Å². The van der Waals surface area contributed by atoms with Crippen molar-refractivity contribution in [3.8, 4) is 5.75 Å². The third kappa shape index (κ3) is 5.30. The first-order valence-corrected chi connectivity index (χ1v) is 11.7. The predicted molar refractivity (Wildman–Crippen MR) is 122 cm³/mol. The zero-order valence-electron chi connectivity index (χ0n) is 18.4. The van der Waals surface area contributed by atoms with Crippen molar-refractivity contribution in [2.45, 2.75) is 24.8 Å². The van der Waals surface area contributed by atoms with Crippen LogP contribution in [0.25, 0.3) is 0 Å². The smallest absolute Gasteiger partial charge is 0.281 e. The Morgan fingerprint density at radius 2 is 1.68 bits per heavy atom. The lowest BCUT2D eigenvalue weighted by atomic mass is 10.1. The van der Waals surface area contributed by atoms with Crippen LogP contribution in [0.2, 0.25) is 5.02 Å². The first-order valence-electron chi connectivity index (χ1n) is 9.93. The second-order valence-electron chi connectivity index (χ2n) is 7.11. The number of amides is 1. The number of hydrogen-bond acceptors (Lipinski definition) is 5. The highest BCUT2D eigenvalue weighted by molar-refractivity contribution is 7.92. The largest absolute Gasteiger partial charge is 0.350 e. The number of hydrogen-bond donors (Lipinski definition) is 0. The van der Waals surface area contributed by atoms with Gasteiger partial charge < -0.3 is 4.84 Å². The van der Waals surface area contributed by atoms with E-state index in [-0.39, 0.29) is 16.2 Å². The molecule has 3 aromatic carbocycles. The van der Waals surface area contributed by atoms with E-state index in [4.69, 9.17) is 21.3 Å². The molecule has 0 saturated heterocycles. The number of hydroxylamine groups is 2. The van der Waals surface area contributed by atoms with Gasteiger partial charge in [0, 0.05) is 23.6 Å². The van der Waals surface area contributed by atoms with Crippen LogP contribution < -0.4 is 9.14 Å². The van der Waals surface area contributed by atoms with Crippen LogP contribution in [-0.4, -0.2) is 26.7 Å². The Bertz CT molecular complexity index is 1290. The molecule has 0 aliphatic heterocycles. The summed E-state index contributed by atoms with van der Waals surface area (Å²) in [5.74, 6) is -2.29. The van der Waals surface area contributed by atoms with Crippen LogP contribution in [0.15, 0.2) is 71.6 Å². The molecule has 1 unspecified atom stereocenters. The number of anilines is 1. The van der Waals surface area contributed by atoms with Crippen molar-refractivity contribution >= 4 is 33.2 Å². The summed E-state index contributed by atoms with van der Waals surface area (Å²) in [6, 6.07) is 12.9. The Morgan fingerprint density at radius 3 is 2.29 bits per heavy atom. The lowest BCUT2D eigenvalue weighted by Gasteiger charge is -2.32. The maximum absolute atomic E-state index is 14.9. The SMILES string of the molecule is CON(Oc1ccccc1C(C)N(c1cc(F)ccc1F)S(=O)(=O)c1ccc(Cl)cc1)C(C)=O. The minimum Gasteiger partial charge on any atom is -0.350 e. The first kappa shape index (κ1) is 25.4. The predicted octanol–water partition coefficient (Wildman–Crippen LogP) is 5.28. The molecule has 0 fully saturated rings. The molecule has 0 radical (unpaired) electrons. The molecule has 180 valence electrons. The third-order valence-corrected chi connectivity index (χ3v) is 6.99. The molecule has 7 nitrogen and oxygen atoms in total. The van der Waals surface area contributed by atoms with Crippen LogP contribution in [0.5, 0.6) is 5.75 Å². The van der Waals surface area contributed by atoms with Crippen molar-refractivity contribution in [3.63, 3.8) is 0 Å². The Morgan fingerprint density at radius 1 is 1.03 bits per heavy atom. The molecule has 0 spiro atoms. The fourth-order valence-electron chi connectivity index (χ4n) is 3.28. The van der Waals surface area contributed by atoms with Gasteiger partial charge in [0.05, 0.1) is 23.7 Å². The van der Waals surface area contributed by atoms with E-state index in [2.05, 4.69) is 0 Å². The summed E-state index contributed by atoms with van der Waals surface area (Å²) >= 11 is 5.89. The lowest BCUT2D eigenvalue weighted by molar-refractivity contribution is -0.280. The molecule has 0 aliphatic carbocycles. The van der Waals surface area contributed by atoms with Gasteiger partial charge in [0.15, 0.2) is 5.75 Å². The van der Waals surface area contributed by atoms with Crippen LogP contribution in [0.4, 0.5) is 14.5 Å². The molecule has 34 heavy (non-hydrogen) atoms. The quantitative estimate of drug-likeness (QED) is 0.385. The van der Waals surface area contributed by atoms with Crippen molar-refractivity contribution in [1.82, 2.24) is 5.23 Å². The molecule has 0 aliphatic rings. The standard InChI is InChI=1S/C23H21ClF2N2O5S/c1-15(20-6-4-5-7-23(20)33-28(32-3)16(2)29)27(22-14-18(25)10-13-21(22)26)34(30,31)19-11-8-17(24)9-12-19/h4-15H,1-3H3. The van der Waals surface area contributed by atoms with Gasteiger partial charge in [-0.15, -0.1) is 0 Å². The van der Waals surface area contributed by atoms with Crippen molar-refractivity contribution in [2.24, 2.45) is 0 Å². The van der Waals surface area contributed by atoms with E-state index in [9.17, 15) is 22.0 Å². The number of carbonyl (C=O) groups excluding carboxylic acids is 1. The van der Waals surface area contributed by atoms with E-state index < -0.39 is 39.3 Å². The van der Waals surface area contributed by atoms with Gasteiger partial charge in [0.25, 0.3) is 15.9 Å². The third-order valence-electron chi connectivity index (χ3n) is 4.84. The highest BCUT2D eigenvalue weighted by Gasteiger charge is 2.34. The molecule has 11 heteroatoms. The summed E-state index contributed by atoms with van der Waals surface area (Å²) in [6.07, 6.45) is 0. The van der Waals surface area contributed by atoms with Crippen LogP contribution in [0.1, 0.15) is 25.5 Å². The van der Waals surface area contributed by atoms with Gasteiger partial charge in [-0.05, 0) is 54.6 Å². The highest BCUT2D eigenvalue weighted by atomic mass is 35.5. The van der Waals surface area contributed by atoms with Gasteiger partial charge in [-0.25, -0.2) is 22.0 Å². The zero-order valence-corrected chi connectivity index (χ0v) is 20.0. The van der Waals surface area contributed by atoms with Gasteiger partial charge >= 0.3 is 0 Å². The van der Waals surface area contributed by atoms with Crippen LogP contribution in [-0.2, 0) is 19.7 Å². The monoisotopic (exact) mass is 510 g/mol. The summed E-state index contributed by atoms with van der Waals surface area (Å²) in [5.41, 5.74) is -0.251. The van der Waals surface area contributed by atoms with Crippen LogP contribution in [0, 0.1) is 11.6 Å². The van der Waals surface area contributed by atoms with E-state index in [1.165, 1.54) is 57.4 Å². The summed E-state index contributed by atoms with van der Waals surface area (Å²) in [4.78, 5) is 21.9. The first-order chi connectivity index (χ1) is 16.1. The number of halogens is 3. The molecule has 1 amide bonds. The summed E-state index contributed by atoms with van der Waals surface area (Å²) in [6.45, 7) is 2.68. The van der Waals surface area contributed by atoms with Crippen molar-refractivity contribution < 1.29 is 31.7 Å². The van der Waals surface area contributed by atoms with Crippen molar-refractivity contribution in [1.29, 1.82) is 0 Å². The van der Waals surface area contributed by atoms with Gasteiger partial charge in [-0.1, -0.05) is 29.8 Å². The van der Waals surface area contributed by atoms with E-state index in [1.54, 1.807) is 12.1 Å². The van der Waals surface area contributed by atoms with E-state index in [0.29, 0.717) is 10.2 Å². The van der Waals surface area contributed by atoms with E-state index in [1.807, 2.05) is 0 Å². The Balaban J connectivity index is 2.20. The lowest BCUT2D eigenvalue weighted by Crippen LogP contribution is -2.36. The minimum atomic E-state index is -4.42. The molecule has 3 rings (SSSR count). The Hall–Kier alpha value is -3.21. The normalized spacial score (nSPS) is 12.2. The zero-order chi connectivity index (χ0) is 25.0. The van der Waals surface area contributed by atoms with Crippen molar-refractivity contribution in [2.75, 3.05) is 11.4 Å². The Kier molecular flexibility index (Phi) is 7.75. The molecular formula is C23H21ClF2N2O5S. The van der Waals surface area contributed by atoms with Gasteiger partial charge in [-0.3, -0.25) is 9.10 Å². The maximum Gasteiger partial charge on any atom is 0.281 e. The molecule has 0 bridgehead atoms. The molecule has 0 heterocycles. The van der Waals surface area contributed by atoms with Gasteiger partial charge in [0.1, 0.15) is 11.6 Å². The number of para-hydroxylation sites is 1. The number of benzene rings is 3. The molecule has 0 N–H and O–H groups in total. The molecule has 0 saturated carbocycles. The highest BCUT2D eigenvalue weighted by Crippen LogP contribution is 2.38. The van der Waals surface area contributed by atoms with Crippen LogP contribution >= 0.6 is 11.6 Å². The number of rotatable bonds is 8. The van der Waals surface area contributed by atoms with E-state index in [0.717, 1.165) is 22.5 Å². The second-order valence-corrected chi connectivity index (χ2v) is 9.37. The van der Waals surface area contributed by atoms with Gasteiger partial charge in [0.2, 0.25) is 0 Å². The Labute approximate surface area is 201 Å². The summed E-state index contributed by atoms with van der Waals surface area (Å²) in [7, 11) is -3.21. The number of carbonyl (C=O) groups is 1. The van der Waals surface area contributed by atoms with Crippen molar-refractivity contribution in [3.05, 3.63) is 89.0 Å². The average molecular weight is 511 g/mol. The molecular weight excluding hydrogens is 490 g/mol. The second kappa shape index (κ2) is 10.4. The molecule has 3 aromatic rings. The average Bonchev–Trinajstić information content (AvgIpc) is 2.80.